The van der Waals surface area contributed by atoms with Gasteiger partial charge in [-0.2, -0.15) is 0 Å². The lowest BCUT2D eigenvalue weighted by Gasteiger charge is -2.29. The molecule has 1 N–H and O–H groups in total. The monoisotopic (exact) mass is 310 g/mol. The number of nitrogens with one attached hydrogen (secondary N) is 1. The van der Waals surface area contributed by atoms with Gasteiger partial charge in [-0.25, -0.2) is 0 Å². The summed E-state index contributed by atoms with van der Waals surface area (Å²) in [7, 11) is 2.22. The largest absolute Gasteiger partial charge is 0.312 e. The van der Waals surface area contributed by atoms with E-state index >= 15 is 0 Å². The van der Waals surface area contributed by atoms with Crippen LogP contribution in [0.5, 0.6) is 0 Å². The zero-order chi connectivity index (χ0) is 13.0. The van der Waals surface area contributed by atoms with E-state index in [4.69, 9.17) is 0 Å². The third-order valence-electron chi connectivity index (χ3n) is 3.80. The smallest absolute Gasteiger partial charge is 0.0222 e. The van der Waals surface area contributed by atoms with Gasteiger partial charge in [0.25, 0.3) is 0 Å². The number of rotatable bonds is 4. The summed E-state index contributed by atoms with van der Waals surface area (Å²) >= 11 is 3.63. The second-order valence-corrected chi connectivity index (χ2v) is 6.33. The number of aryl methyl sites for hydroxylation is 1. The van der Waals surface area contributed by atoms with Crippen LogP contribution in [0.25, 0.3) is 0 Å². The third-order valence-corrected chi connectivity index (χ3v) is 4.53. The molecule has 1 aromatic carbocycles. The Hall–Kier alpha value is -0.380. The van der Waals surface area contributed by atoms with Crippen molar-refractivity contribution in [2.75, 3.05) is 26.7 Å². The minimum absolute atomic E-state index is 0.852. The number of benzene rings is 1. The fourth-order valence-corrected chi connectivity index (χ4v) is 3.11. The van der Waals surface area contributed by atoms with Crippen molar-refractivity contribution in [1.29, 1.82) is 0 Å². The molecule has 1 saturated heterocycles. The van der Waals surface area contributed by atoms with E-state index in [2.05, 4.69) is 58.3 Å². The summed E-state index contributed by atoms with van der Waals surface area (Å²) < 4.78 is 1.22. The maximum Gasteiger partial charge on any atom is 0.0222 e. The van der Waals surface area contributed by atoms with Crippen molar-refractivity contribution in [3.05, 3.63) is 33.8 Å². The van der Waals surface area contributed by atoms with Crippen molar-refractivity contribution in [1.82, 2.24) is 10.2 Å². The number of hydrogen-bond donors (Lipinski definition) is 1. The molecular formula is C15H23BrN2. The quantitative estimate of drug-likeness (QED) is 0.919. The van der Waals surface area contributed by atoms with Crippen molar-refractivity contribution < 1.29 is 0 Å². The first-order valence-corrected chi connectivity index (χ1v) is 7.59. The molecule has 1 heterocycles. The molecule has 1 aliphatic heterocycles. The number of nitrogens with zero attached hydrogens (tertiary/aromatic N) is 1. The van der Waals surface area contributed by atoms with Crippen LogP contribution in [0.15, 0.2) is 22.7 Å². The van der Waals surface area contributed by atoms with E-state index in [0.717, 1.165) is 19.0 Å². The maximum atomic E-state index is 3.63. The molecule has 0 spiro atoms. The van der Waals surface area contributed by atoms with Crippen LogP contribution in [0.1, 0.15) is 24.0 Å². The van der Waals surface area contributed by atoms with Gasteiger partial charge in [-0.05, 0) is 69.6 Å². The van der Waals surface area contributed by atoms with Gasteiger partial charge in [0.15, 0.2) is 0 Å². The minimum atomic E-state index is 0.852. The summed E-state index contributed by atoms with van der Waals surface area (Å²) in [5, 5.41) is 3.60. The summed E-state index contributed by atoms with van der Waals surface area (Å²) in [6.07, 6.45) is 2.66. The Balaban J connectivity index is 1.75. The van der Waals surface area contributed by atoms with Crippen LogP contribution >= 0.6 is 15.9 Å². The van der Waals surface area contributed by atoms with Crippen LogP contribution in [-0.2, 0) is 6.54 Å². The molecule has 0 bridgehead atoms. The average Bonchev–Trinajstić information content (AvgIpc) is 2.34. The van der Waals surface area contributed by atoms with Crippen LogP contribution in [-0.4, -0.2) is 31.6 Å². The maximum absolute atomic E-state index is 3.63. The van der Waals surface area contributed by atoms with E-state index in [-0.39, 0.29) is 0 Å². The molecule has 18 heavy (non-hydrogen) atoms. The lowest BCUT2D eigenvalue weighted by Crippen LogP contribution is -2.34. The molecule has 0 saturated carbocycles. The van der Waals surface area contributed by atoms with Crippen molar-refractivity contribution in [2.24, 2.45) is 5.92 Å². The summed E-state index contributed by atoms with van der Waals surface area (Å²) in [5.41, 5.74) is 2.66. The molecule has 0 unspecified atom stereocenters. The SMILES string of the molecule is Cc1ccc(CNCC2CCN(C)CC2)c(Br)c1. The second-order valence-electron chi connectivity index (χ2n) is 5.47. The van der Waals surface area contributed by atoms with E-state index in [0.29, 0.717) is 0 Å². The van der Waals surface area contributed by atoms with Gasteiger partial charge in [0, 0.05) is 11.0 Å². The van der Waals surface area contributed by atoms with E-state index in [9.17, 15) is 0 Å². The molecular weight excluding hydrogens is 288 g/mol. The summed E-state index contributed by atoms with van der Waals surface area (Å²) in [4.78, 5) is 2.42. The summed E-state index contributed by atoms with van der Waals surface area (Å²) in [6.45, 7) is 6.74. The van der Waals surface area contributed by atoms with E-state index in [1.807, 2.05) is 0 Å². The predicted octanol–water partition coefficient (Wildman–Crippen LogP) is 3.19. The van der Waals surface area contributed by atoms with Gasteiger partial charge in [0.05, 0.1) is 0 Å². The molecule has 0 aromatic heterocycles. The standard InChI is InChI=1S/C15H23BrN2/c1-12-3-4-14(15(16)9-12)11-17-10-13-5-7-18(2)8-6-13/h3-4,9,13,17H,5-8,10-11H2,1-2H3. The van der Waals surface area contributed by atoms with Crippen LogP contribution < -0.4 is 5.32 Å². The summed E-state index contributed by atoms with van der Waals surface area (Å²) in [5.74, 6) is 0.852. The Morgan fingerprint density at radius 3 is 2.72 bits per heavy atom. The van der Waals surface area contributed by atoms with Gasteiger partial charge in [-0.3, -0.25) is 0 Å². The van der Waals surface area contributed by atoms with Gasteiger partial charge in [-0.1, -0.05) is 28.1 Å². The molecule has 1 aromatic rings. The number of likely N-dealkylation sites (tertiary alicyclic amines) is 1. The predicted molar refractivity (Wildman–Crippen MR) is 80.8 cm³/mol. The van der Waals surface area contributed by atoms with E-state index < -0.39 is 0 Å². The molecule has 3 heteroatoms. The zero-order valence-corrected chi connectivity index (χ0v) is 13.0. The molecule has 0 aliphatic carbocycles. The normalized spacial score (nSPS) is 18.2. The summed E-state index contributed by atoms with van der Waals surface area (Å²) in [6, 6.07) is 6.57. The van der Waals surface area contributed by atoms with Crippen molar-refractivity contribution in [2.45, 2.75) is 26.3 Å². The first kappa shape index (κ1) is 14.0. The lowest BCUT2D eigenvalue weighted by molar-refractivity contribution is 0.216. The molecule has 2 rings (SSSR count). The van der Waals surface area contributed by atoms with Gasteiger partial charge >= 0.3 is 0 Å². The van der Waals surface area contributed by atoms with E-state index in [1.165, 1.54) is 41.5 Å². The van der Waals surface area contributed by atoms with Gasteiger partial charge in [0.2, 0.25) is 0 Å². The highest BCUT2D eigenvalue weighted by molar-refractivity contribution is 9.10. The van der Waals surface area contributed by atoms with Crippen molar-refractivity contribution >= 4 is 15.9 Å². The Morgan fingerprint density at radius 2 is 2.06 bits per heavy atom. The van der Waals surface area contributed by atoms with E-state index in [1.54, 1.807) is 0 Å². The van der Waals surface area contributed by atoms with Crippen LogP contribution in [0.4, 0.5) is 0 Å². The second kappa shape index (κ2) is 6.69. The molecule has 0 atom stereocenters. The fraction of sp³-hybridized carbons (Fsp3) is 0.600. The Bertz CT molecular complexity index is 384. The van der Waals surface area contributed by atoms with Crippen LogP contribution in [0.3, 0.4) is 0 Å². The average molecular weight is 311 g/mol. The third kappa shape index (κ3) is 4.08. The molecule has 100 valence electrons. The fourth-order valence-electron chi connectivity index (χ4n) is 2.47. The highest BCUT2D eigenvalue weighted by Gasteiger charge is 2.15. The Kier molecular flexibility index (Phi) is 5.22. The first-order valence-electron chi connectivity index (χ1n) is 6.79. The molecule has 0 amide bonds. The van der Waals surface area contributed by atoms with Gasteiger partial charge in [0.1, 0.15) is 0 Å². The number of hydrogen-bond acceptors (Lipinski definition) is 2. The van der Waals surface area contributed by atoms with Crippen LogP contribution in [0, 0.1) is 12.8 Å². The molecule has 1 fully saturated rings. The molecule has 1 aliphatic rings. The first-order chi connectivity index (χ1) is 8.65. The Morgan fingerprint density at radius 1 is 1.33 bits per heavy atom. The lowest BCUT2D eigenvalue weighted by atomic mass is 9.97. The number of piperidine rings is 1. The van der Waals surface area contributed by atoms with Crippen molar-refractivity contribution in [3.63, 3.8) is 0 Å². The van der Waals surface area contributed by atoms with Crippen molar-refractivity contribution in [3.8, 4) is 0 Å². The van der Waals surface area contributed by atoms with Crippen LogP contribution in [0.2, 0.25) is 0 Å². The van der Waals surface area contributed by atoms with Gasteiger partial charge in [-0.15, -0.1) is 0 Å². The molecule has 2 nitrogen and oxygen atoms in total. The topological polar surface area (TPSA) is 15.3 Å². The Labute approximate surface area is 119 Å². The number of halogens is 1. The minimum Gasteiger partial charge on any atom is -0.312 e. The zero-order valence-electron chi connectivity index (χ0n) is 11.4. The highest BCUT2D eigenvalue weighted by Crippen LogP contribution is 2.19. The highest BCUT2D eigenvalue weighted by atomic mass is 79.9. The molecule has 0 radical (unpaired) electrons. The van der Waals surface area contributed by atoms with Gasteiger partial charge < -0.3 is 10.2 Å².